The van der Waals surface area contributed by atoms with E-state index in [1.165, 1.54) is 0 Å². The Kier molecular flexibility index (Phi) is 4.87. The molecule has 0 aromatic rings. The van der Waals surface area contributed by atoms with Gasteiger partial charge in [-0.05, 0) is 0 Å². The van der Waals surface area contributed by atoms with E-state index in [-0.39, 0.29) is 12.5 Å². The molecule has 0 heterocycles. The minimum atomic E-state index is -1.42. The van der Waals surface area contributed by atoms with Crippen LogP contribution in [0.15, 0.2) is 0 Å². The molecule has 0 aromatic heterocycles. The molecule has 0 fully saturated rings. The largest absolute Gasteiger partial charge is 0.453 e. The second kappa shape index (κ2) is 4.61. The number of halogens is 4. The first-order valence-electron chi connectivity index (χ1n) is 2.73. The molecule has 0 bridgehead atoms. The van der Waals surface area contributed by atoms with Crippen molar-refractivity contribution in [2.24, 2.45) is 5.92 Å². The fraction of sp³-hybridized carbons (Fsp3) is 0.800. The Morgan fingerprint density at radius 1 is 1.55 bits per heavy atom. The van der Waals surface area contributed by atoms with Crippen molar-refractivity contribution in [3.8, 4) is 0 Å². The summed E-state index contributed by atoms with van der Waals surface area (Å²) in [6, 6.07) is 0. The molecule has 1 atom stereocenters. The predicted molar refractivity (Wildman–Crippen MR) is 46.7 cm³/mol. The molecular formula is C5H6Cl4O2. The van der Waals surface area contributed by atoms with Crippen molar-refractivity contribution < 1.29 is 9.53 Å². The van der Waals surface area contributed by atoms with Gasteiger partial charge in [-0.1, -0.05) is 41.7 Å². The maximum Gasteiger partial charge on any atom is 0.403 e. The Morgan fingerprint density at radius 2 is 2.00 bits per heavy atom. The molecule has 0 aliphatic rings. The summed E-state index contributed by atoms with van der Waals surface area (Å²) in [6.45, 7) is 1.63. The predicted octanol–water partition coefficient (Wildman–Crippen LogP) is 3.37. The van der Waals surface area contributed by atoms with Crippen LogP contribution in [0.3, 0.4) is 0 Å². The van der Waals surface area contributed by atoms with Crippen molar-refractivity contribution in [2.45, 2.75) is 10.7 Å². The van der Waals surface area contributed by atoms with Crippen molar-refractivity contribution >= 4 is 51.8 Å². The molecule has 66 valence electrons. The van der Waals surface area contributed by atoms with Crippen molar-refractivity contribution in [1.29, 1.82) is 0 Å². The van der Waals surface area contributed by atoms with Crippen LogP contribution in [-0.2, 0) is 4.74 Å². The fourth-order valence-corrected chi connectivity index (χ4v) is 0.537. The normalized spacial score (nSPS) is 14.3. The van der Waals surface area contributed by atoms with E-state index in [0.29, 0.717) is 0 Å². The molecular weight excluding hydrogens is 234 g/mol. The SMILES string of the molecule is CC(COC(=O)Cl)C(Cl)(Cl)Cl. The van der Waals surface area contributed by atoms with Crippen LogP contribution in [0.2, 0.25) is 0 Å². The average molecular weight is 240 g/mol. The first kappa shape index (κ1) is 11.6. The number of ether oxygens (including phenoxy) is 1. The maximum atomic E-state index is 10.1. The van der Waals surface area contributed by atoms with Crippen LogP contribution in [0.25, 0.3) is 0 Å². The fourth-order valence-electron chi connectivity index (χ4n) is 0.285. The van der Waals surface area contributed by atoms with Crippen molar-refractivity contribution in [3.05, 3.63) is 0 Å². The number of carbonyl (C=O) groups is 1. The number of rotatable bonds is 2. The zero-order valence-corrected chi connectivity index (χ0v) is 8.64. The van der Waals surface area contributed by atoms with Crippen LogP contribution in [-0.4, -0.2) is 15.8 Å². The molecule has 0 aliphatic carbocycles. The van der Waals surface area contributed by atoms with Crippen LogP contribution in [0.1, 0.15) is 6.92 Å². The zero-order valence-electron chi connectivity index (χ0n) is 5.61. The summed E-state index contributed by atoms with van der Waals surface area (Å²) in [4.78, 5) is 10.1. The first-order chi connectivity index (χ1) is 4.84. The summed E-state index contributed by atoms with van der Waals surface area (Å²) in [5.74, 6) is -0.379. The van der Waals surface area contributed by atoms with E-state index in [9.17, 15) is 4.79 Å². The van der Waals surface area contributed by atoms with E-state index >= 15 is 0 Å². The van der Waals surface area contributed by atoms with Crippen LogP contribution < -0.4 is 0 Å². The van der Waals surface area contributed by atoms with E-state index in [1.54, 1.807) is 6.92 Å². The highest BCUT2D eigenvalue weighted by atomic mass is 35.6. The van der Waals surface area contributed by atoms with Gasteiger partial charge in [0.05, 0.1) is 6.61 Å². The van der Waals surface area contributed by atoms with E-state index < -0.39 is 9.22 Å². The standard InChI is InChI=1S/C5H6Cl4O2/c1-3(5(7,8)9)2-11-4(6)10/h3H,2H2,1H3. The monoisotopic (exact) mass is 238 g/mol. The molecule has 0 spiro atoms. The van der Waals surface area contributed by atoms with Gasteiger partial charge in [0.1, 0.15) is 0 Å². The smallest absolute Gasteiger partial charge is 0.403 e. The van der Waals surface area contributed by atoms with Gasteiger partial charge in [-0.25, -0.2) is 4.79 Å². The number of carbonyl (C=O) groups excluding carboxylic acids is 1. The zero-order chi connectivity index (χ0) is 9.07. The minimum absolute atomic E-state index is 0.00116. The molecule has 6 heteroatoms. The molecule has 1 unspecified atom stereocenters. The molecule has 0 radical (unpaired) electrons. The molecule has 0 aliphatic heterocycles. The van der Waals surface area contributed by atoms with Crippen LogP contribution in [0.4, 0.5) is 4.79 Å². The summed E-state index contributed by atoms with van der Waals surface area (Å²) in [5, 5.41) is 0. The van der Waals surface area contributed by atoms with Gasteiger partial charge in [-0.15, -0.1) is 0 Å². The molecule has 11 heavy (non-hydrogen) atoms. The molecule has 0 N–H and O–H groups in total. The Labute approximate surface area is 84.7 Å². The summed E-state index contributed by atoms with van der Waals surface area (Å²) >= 11 is 21.3. The lowest BCUT2D eigenvalue weighted by Gasteiger charge is -2.18. The maximum absolute atomic E-state index is 10.1. The number of hydrogen-bond acceptors (Lipinski definition) is 2. The van der Waals surface area contributed by atoms with Gasteiger partial charge < -0.3 is 4.74 Å². The highest BCUT2D eigenvalue weighted by Crippen LogP contribution is 2.34. The molecule has 0 amide bonds. The quantitative estimate of drug-likeness (QED) is 0.546. The van der Waals surface area contributed by atoms with Gasteiger partial charge in [0.2, 0.25) is 0 Å². The topological polar surface area (TPSA) is 26.3 Å². The van der Waals surface area contributed by atoms with E-state index in [2.05, 4.69) is 4.74 Å². The summed E-state index contributed by atoms with van der Waals surface area (Å²) in [5.41, 5.74) is -0.897. The van der Waals surface area contributed by atoms with Crippen molar-refractivity contribution in [2.75, 3.05) is 6.61 Å². The van der Waals surface area contributed by atoms with Crippen molar-refractivity contribution in [3.63, 3.8) is 0 Å². The van der Waals surface area contributed by atoms with Gasteiger partial charge in [0.15, 0.2) is 3.79 Å². The van der Waals surface area contributed by atoms with Crippen LogP contribution in [0, 0.1) is 5.92 Å². The minimum Gasteiger partial charge on any atom is -0.453 e. The van der Waals surface area contributed by atoms with Crippen LogP contribution in [0.5, 0.6) is 0 Å². The van der Waals surface area contributed by atoms with E-state index in [1.807, 2.05) is 0 Å². The molecule has 2 nitrogen and oxygen atoms in total. The Balaban J connectivity index is 3.70. The van der Waals surface area contributed by atoms with Gasteiger partial charge >= 0.3 is 5.43 Å². The Bertz CT molecular complexity index is 142. The lowest BCUT2D eigenvalue weighted by molar-refractivity contribution is 0.156. The third-order valence-corrected chi connectivity index (χ3v) is 2.23. The van der Waals surface area contributed by atoms with Gasteiger partial charge in [-0.3, -0.25) is 0 Å². The lowest BCUT2D eigenvalue weighted by atomic mass is 10.2. The van der Waals surface area contributed by atoms with Gasteiger partial charge in [0.25, 0.3) is 0 Å². The molecule has 0 saturated heterocycles. The average Bonchev–Trinajstić information content (AvgIpc) is 1.80. The summed E-state index contributed by atoms with van der Waals surface area (Å²) < 4.78 is 2.98. The highest BCUT2D eigenvalue weighted by molar-refractivity contribution is 6.67. The second-order valence-electron chi connectivity index (χ2n) is 1.99. The number of hydrogen-bond donors (Lipinski definition) is 0. The van der Waals surface area contributed by atoms with Gasteiger partial charge in [-0.2, -0.15) is 0 Å². The number of alkyl halides is 3. The van der Waals surface area contributed by atoms with E-state index in [0.717, 1.165) is 0 Å². The van der Waals surface area contributed by atoms with E-state index in [4.69, 9.17) is 46.4 Å². The summed E-state index contributed by atoms with van der Waals surface area (Å²) in [7, 11) is 0. The second-order valence-corrected chi connectivity index (χ2v) is 4.67. The first-order valence-corrected chi connectivity index (χ1v) is 4.24. The summed E-state index contributed by atoms with van der Waals surface area (Å²) in [6.07, 6.45) is 0. The molecule has 0 aromatic carbocycles. The third kappa shape index (κ3) is 5.85. The Hall–Kier alpha value is 0.630. The molecule has 0 rings (SSSR count). The Morgan fingerprint density at radius 3 is 2.27 bits per heavy atom. The van der Waals surface area contributed by atoms with Crippen LogP contribution >= 0.6 is 46.4 Å². The molecule has 0 saturated carbocycles. The van der Waals surface area contributed by atoms with Gasteiger partial charge in [0, 0.05) is 17.5 Å². The third-order valence-electron chi connectivity index (χ3n) is 1.01. The highest BCUT2D eigenvalue weighted by Gasteiger charge is 2.29. The lowest BCUT2D eigenvalue weighted by Crippen LogP contribution is -2.21. The van der Waals surface area contributed by atoms with Crippen molar-refractivity contribution in [1.82, 2.24) is 0 Å².